The van der Waals surface area contributed by atoms with Crippen molar-refractivity contribution in [1.82, 2.24) is 0 Å². The number of benzene rings is 1. The maximum absolute atomic E-state index is 6.35. The number of nitrogens with two attached hydrogens (primary N) is 1. The van der Waals surface area contributed by atoms with E-state index in [1.807, 2.05) is 26.0 Å². The van der Waals surface area contributed by atoms with Crippen molar-refractivity contribution in [2.45, 2.75) is 45.8 Å². The van der Waals surface area contributed by atoms with Crippen molar-refractivity contribution in [2.75, 3.05) is 25.1 Å². The summed E-state index contributed by atoms with van der Waals surface area (Å²) in [5.74, 6) is 0. The standard InChI is InChI=1S/C16H27ClN2O/c1-5-13(18)11-14-15(17)7-6-8-16(14)19(4)9-10-20-12(2)3/h6-8,12-13H,5,9-11,18H2,1-4H3. The molecule has 0 spiro atoms. The molecule has 0 aromatic heterocycles. The number of nitrogens with zero attached hydrogens (tertiary/aromatic N) is 1. The van der Waals surface area contributed by atoms with Crippen LogP contribution in [0.1, 0.15) is 32.8 Å². The molecule has 2 N–H and O–H groups in total. The third kappa shape index (κ3) is 5.31. The Morgan fingerprint density at radius 2 is 2.05 bits per heavy atom. The minimum Gasteiger partial charge on any atom is -0.377 e. The average molecular weight is 299 g/mol. The molecule has 20 heavy (non-hydrogen) atoms. The zero-order valence-electron chi connectivity index (χ0n) is 13.0. The van der Waals surface area contributed by atoms with Crippen molar-refractivity contribution in [1.29, 1.82) is 0 Å². The van der Waals surface area contributed by atoms with Gasteiger partial charge in [0.1, 0.15) is 0 Å². The van der Waals surface area contributed by atoms with Crippen LogP contribution in [0, 0.1) is 0 Å². The molecule has 0 amide bonds. The van der Waals surface area contributed by atoms with Crippen molar-refractivity contribution in [3.8, 4) is 0 Å². The number of halogens is 1. The first kappa shape index (κ1) is 17.3. The van der Waals surface area contributed by atoms with Crippen molar-refractivity contribution < 1.29 is 4.74 Å². The molecular formula is C16H27ClN2O. The molecule has 0 saturated heterocycles. The largest absolute Gasteiger partial charge is 0.377 e. The lowest BCUT2D eigenvalue weighted by molar-refractivity contribution is 0.0846. The Kier molecular flexibility index (Phi) is 7.35. The van der Waals surface area contributed by atoms with E-state index in [4.69, 9.17) is 22.1 Å². The fraction of sp³-hybridized carbons (Fsp3) is 0.625. The SMILES string of the molecule is CCC(N)Cc1c(Cl)cccc1N(C)CCOC(C)C. The van der Waals surface area contributed by atoms with Crippen LogP contribution in [0.5, 0.6) is 0 Å². The second-order valence-electron chi connectivity index (χ2n) is 5.45. The molecule has 0 fully saturated rings. The predicted octanol–water partition coefficient (Wildman–Crippen LogP) is 3.48. The zero-order valence-corrected chi connectivity index (χ0v) is 13.8. The van der Waals surface area contributed by atoms with Gasteiger partial charge in [-0.3, -0.25) is 0 Å². The van der Waals surface area contributed by atoms with Gasteiger partial charge in [-0.15, -0.1) is 0 Å². The van der Waals surface area contributed by atoms with Crippen LogP contribution in [0.25, 0.3) is 0 Å². The summed E-state index contributed by atoms with van der Waals surface area (Å²) in [7, 11) is 2.07. The van der Waals surface area contributed by atoms with Gasteiger partial charge in [-0.1, -0.05) is 24.6 Å². The van der Waals surface area contributed by atoms with Crippen LogP contribution in [0.15, 0.2) is 18.2 Å². The molecule has 0 saturated carbocycles. The van der Waals surface area contributed by atoms with Crippen LogP contribution in [-0.4, -0.2) is 32.3 Å². The molecule has 0 radical (unpaired) electrons. The molecule has 1 rings (SSSR count). The molecule has 1 aromatic carbocycles. The Labute approximate surface area is 128 Å². The van der Waals surface area contributed by atoms with Gasteiger partial charge in [-0.25, -0.2) is 0 Å². The molecule has 4 heteroatoms. The lowest BCUT2D eigenvalue weighted by Gasteiger charge is -2.24. The van der Waals surface area contributed by atoms with Gasteiger partial charge in [0.2, 0.25) is 0 Å². The number of likely N-dealkylation sites (N-methyl/N-ethyl adjacent to an activating group) is 1. The van der Waals surface area contributed by atoms with Gasteiger partial charge in [0, 0.05) is 30.3 Å². The van der Waals surface area contributed by atoms with Crippen molar-refractivity contribution in [3.63, 3.8) is 0 Å². The third-order valence-corrected chi connectivity index (χ3v) is 3.73. The smallest absolute Gasteiger partial charge is 0.0644 e. The van der Waals surface area contributed by atoms with Gasteiger partial charge < -0.3 is 15.4 Å². The lowest BCUT2D eigenvalue weighted by atomic mass is 10.0. The molecule has 0 aliphatic rings. The summed E-state index contributed by atoms with van der Waals surface area (Å²) in [6.07, 6.45) is 2.02. The maximum atomic E-state index is 6.35. The number of ether oxygens (including phenoxy) is 1. The topological polar surface area (TPSA) is 38.5 Å². The van der Waals surface area contributed by atoms with Crippen molar-refractivity contribution in [3.05, 3.63) is 28.8 Å². The van der Waals surface area contributed by atoms with Gasteiger partial charge in [-0.2, -0.15) is 0 Å². The van der Waals surface area contributed by atoms with E-state index in [1.54, 1.807) is 0 Å². The molecule has 0 aliphatic heterocycles. The van der Waals surface area contributed by atoms with Crippen molar-refractivity contribution >= 4 is 17.3 Å². The van der Waals surface area contributed by atoms with E-state index in [-0.39, 0.29) is 12.1 Å². The monoisotopic (exact) mass is 298 g/mol. The molecule has 1 unspecified atom stereocenters. The highest BCUT2D eigenvalue weighted by Gasteiger charge is 2.13. The Morgan fingerprint density at radius 1 is 1.35 bits per heavy atom. The first-order chi connectivity index (χ1) is 9.45. The third-order valence-electron chi connectivity index (χ3n) is 3.37. The van der Waals surface area contributed by atoms with E-state index in [9.17, 15) is 0 Å². The molecule has 1 aromatic rings. The summed E-state index contributed by atoms with van der Waals surface area (Å²) in [5.41, 5.74) is 8.36. The highest BCUT2D eigenvalue weighted by molar-refractivity contribution is 6.31. The van der Waals surface area contributed by atoms with E-state index in [1.165, 1.54) is 0 Å². The zero-order chi connectivity index (χ0) is 15.1. The number of rotatable bonds is 8. The molecule has 0 heterocycles. The summed E-state index contributed by atoms with van der Waals surface area (Å²) in [6, 6.07) is 6.16. The highest BCUT2D eigenvalue weighted by Crippen LogP contribution is 2.28. The van der Waals surface area contributed by atoms with E-state index in [0.717, 1.165) is 35.7 Å². The molecular weight excluding hydrogens is 272 g/mol. The normalized spacial score (nSPS) is 12.8. The summed E-state index contributed by atoms with van der Waals surface area (Å²) in [6.45, 7) is 7.74. The minimum atomic E-state index is 0.147. The lowest BCUT2D eigenvalue weighted by Crippen LogP contribution is -2.27. The summed E-state index contributed by atoms with van der Waals surface area (Å²) >= 11 is 6.35. The summed E-state index contributed by atoms with van der Waals surface area (Å²) in [4.78, 5) is 2.19. The second-order valence-corrected chi connectivity index (χ2v) is 5.86. The Morgan fingerprint density at radius 3 is 2.65 bits per heavy atom. The maximum Gasteiger partial charge on any atom is 0.0644 e. The van der Waals surface area contributed by atoms with Crippen LogP contribution in [0.3, 0.4) is 0 Å². The fourth-order valence-electron chi connectivity index (χ4n) is 2.06. The van der Waals surface area contributed by atoms with Crippen LogP contribution in [-0.2, 0) is 11.2 Å². The number of hydrogen-bond donors (Lipinski definition) is 1. The molecule has 0 bridgehead atoms. The van der Waals surface area contributed by atoms with E-state index in [2.05, 4.69) is 24.9 Å². The molecule has 0 aliphatic carbocycles. The van der Waals surface area contributed by atoms with Crippen LogP contribution in [0.4, 0.5) is 5.69 Å². The second kappa shape index (κ2) is 8.50. The van der Waals surface area contributed by atoms with E-state index in [0.29, 0.717) is 6.61 Å². The minimum absolute atomic E-state index is 0.147. The highest BCUT2D eigenvalue weighted by atomic mass is 35.5. The first-order valence-corrected chi connectivity index (χ1v) is 7.69. The van der Waals surface area contributed by atoms with Crippen LogP contribution in [0.2, 0.25) is 5.02 Å². The molecule has 3 nitrogen and oxygen atoms in total. The van der Waals surface area contributed by atoms with Gasteiger partial charge in [0.25, 0.3) is 0 Å². The first-order valence-electron chi connectivity index (χ1n) is 7.31. The van der Waals surface area contributed by atoms with Gasteiger partial charge >= 0.3 is 0 Å². The Hall–Kier alpha value is -0.770. The average Bonchev–Trinajstić information content (AvgIpc) is 2.40. The molecule has 114 valence electrons. The van der Waals surface area contributed by atoms with E-state index >= 15 is 0 Å². The Bertz CT molecular complexity index is 409. The van der Waals surface area contributed by atoms with Gasteiger partial charge in [-0.05, 0) is 44.4 Å². The van der Waals surface area contributed by atoms with Crippen LogP contribution >= 0.6 is 11.6 Å². The summed E-state index contributed by atoms with van der Waals surface area (Å²) in [5, 5.41) is 0.794. The molecule has 1 atom stereocenters. The fourth-order valence-corrected chi connectivity index (χ4v) is 2.31. The van der Waals surface area contributed by atoms with E-state index < -0.39 is 0 Å². The van der Waals surface area contributed by atoms with Gasteiger partial charge in [0.15, 0.2) is 0 Å². The Balaban J connectivity index is 2.79. The van der Waals surface area contributed by atoms with Gasteiger partial charge in [0.05, 0.1) is 12.7 Å². The summed E-state index contributed by atoms with van der Waals surface area (Å²) < 4.78 is 5.61. The predicted molar refractivity (Wildman–Crippen MR) is 87.8 cm³/mol. The van der Waals surface area contributed by atoms with Crippen molar-refractivity contribution in [2.24, 2.45) is 5.73 Å². The number of hydrogen-bond acceptors (Lipinski definition) is 3. The van der Waals surface area contributed by atoms with Crippen LogP contribution < -0.4 is 10.6 Å². The number of anilines is 1. The quantitative estimate of drug-likeness (QED) is 0.798.